The van der Waals surface area contributed by atoms with Crippen LogP contribution in [0.25, 0.3) is 16.2 Å². The molecule has 1 heteroatoms. The number of allylic oxidation sites excluding steroid dienone is 1. The number of hydrogen-bond acceptors (Lipinski definition) is 1. The molecule has 0 amide bonds. The van der Waals surface area contributed by atoms with Crippen LogP contribution in [0, 0.1) is 19.1 Å². The summed E-state index contributed by atoms with van der Waals surface area (Å²) in [7, 11) is 0. The second kappa shape index (κ2) is 2.87. The Hall–Kier alpha value is -1.26. The largest absolute Gasteiger partial charge is 0.135 e. The van der Waals surface area contributed by atoms with Gasteiger partial charge in [0.25, 0.3) is 0 Å². The summed E-state index contributed by atoms with van der Waals surface area (Å²) in [4.78, 5) is 1.42. The van der Waals surface area contributed by atoms with Gasteiger partial charge in [0.05, 0.1) is 0 Å². The van der Waals surface area contributed by atoms with Crippen LogP contribution in [0.2, 0.25) is 0 Å². The van der Waals surface area contributed by atoms with E-state index >= 15 is 0 Å². The minimum atomic E-state index is 1.17. The van der Waals surface area contributed by atoms with Crippen LogP contribution < -0.4 is 0 Å². The first-order valence-electron chi connectivity index (χ1n) is 4.87. The molecule has 0 aliphatic heterocycles. The fourth-order valence-corrected chi connectivity index (χ4v) is 3.18. The first kappa shape index (κ1) is 8.08. The zero-order valence-corrected chi connectivity index (χ0v) is 8.87. The van der Waals surface area contributed by atoms with Crippen molar-refractivity contribution in [2.75, 3.05) is 0 Å². The van der Waals surface area contributed by atoms with E-state index in [9.17, 15) is 0 Å². The molecule has 1 aromatic carbocycles. The average Bonchev–Trinajstić information content (AvgIpc) is 2.54. The van der Waals surface area contributed by atoms with Crippen LogP contribution in [-0.2, 0) is 6.42 Å². The number of thiophene rings is 1. The summed E-state index contributed by atoms with van der Waals surface area (Å²) in [5.74, 6) is 0. The van der Waals surface area contributed by atoms with Crippen molar-refractivity contribution in [3.8, 4) is 0 Å². The van der Waals surface area contributed by atoms with E-state index in [1.54, 1.807) is 0 Å². The molecule has 68 valence electrons. The minimum Gasteiger partial charge on any atom is -0.135 e. The molecule has 1 aliphatic carbocycles. The molecule has 0 nitrogen and oxygen atoms in total. The molecule has 0 N–H and O–H groups in total. The summed E-state index contributed by atoms with van der Waals surface area (Å²) in [6, 6.07) is 8.66. The third-order valence-electron chi connectivity index (χ3n) is 2.63. The van der Waals surface area contributed by atoms with E-state index in [1.807, 2.05) is 11.3 Å². The van der Waals surface area contributed by atoms with Gasteiger partial charge in [0.2, 0.25) is 0 Å². The van der Waals surface area contributed by atoms with Crippen LogP contribution >= 0.6 is 11.3 Å². The second-order valence-corrected chi connectivity index (χ2v) is 4.79. The van der Waals surface area contributed by atoms with E-state index in [4.69, 9.17) is 0 Å². The van der Waals surface area contributed by atoms with E-state index in [-0.39, 0.29) is 0 Å². The summed E-state index contributed by atoms with van der Waals surface area (Å²) < 4.78 is 1.36. The lowest BCUT2D eigenvalue weighted by Crippen LogP contribution is -1.88. The highest BCUT2D eigenvalue weighted by molar-refractivity contribution is 7.20. The Morgan fingerprint density at radius 2 is 2.29 bits per heavy atom. The molecular weight excluding hydrogens is 188 g/mol. The topological polar surface area (TPSA) is 0 Å². The Kier molecular flexibility index (Phi) is 1.65. The van der Waals surface area contributed by atoms with Crippen molar-refractivity contribution in [3.05, 3.63) is 40.3 Å². The molecule has 0 saturated heterocycles. The molecule has 1 aromatic heterocycles. The molecule has 0 radical (unpaired) electrons. The van der Waals surface area contributed by atoms with Gasteiger partial charge in [-0.2, -0.15) is 0 Å². The minimum absolute atomic E-state index is 1.17. The standard InChI is InChI=1S/C13H10S/c1-9-6-7-11-10-4-2-3-5-12(10)14-13(11)8-9/h3,5,8H,2,4H2,1H3. The molecule has 14 heavy (non-hydrogen) atoms. The van der Waals surface area contributed by atoms with Crippen LogP contribution in [0.3, 0.4) is 0 Å². The molecule has 1 heterocycles. The van der Waals surface area contributed by atoms with Crippen LogP contribution in [0.1, 0.15) is 22.4 Å². The summed E-state index contributed by atoms with van der Waals surface area (Å²) in [5.41, 5.74) is 2.66. The number of hydrogen-bond donors (Lipinski definition) is 0. The Morgan fingerprint density at radius 3 is 3.21 bits per heavy atom. The summed E-state index contributed by atoms with van der Waals surface area (Å²) >= 11 is 1.88. The molecule has 0 fully saturated rings. The van der Waals surface area contributed by atoms with E-state index in [0.29, 0.717) is 0 Å². The average molecular weight is 198 g/mol. The van der Waals surface area contributed by atoms with Crippen molar-refractivity contribution in [1.29, 1.82) is 0 Å². The predicted molar refractivity (Wildman–Crippen MR) is 61.6 cm³/mol. The smallest absolute Gasteiger partial charge is 0.0467 e. The van der Waals surface area contributed by atoms with Gasteiger partial charge in [-0.25, -0.2) is 0 Å². The Balaban J connectivity index is 2.37. The van der Waals surface area contributed by atoms with E-state index in [2.05, 4.69) is 37.3 Å². The van der Waals surface area contributed by atoms with Crippen LogP contribution in [0.4, 0.5) is 0 Å². The van der Waals surface area contributed by atoms with Crippen LogP contribution in [-0.4, -0.2) is 0 Å². The lowest BCUT2D eigenvalue weighted by molar-refractivity contribution is 1.01. The highest BCUT2D eigenvalue weighted by Crippen LogP contribution is 2.34. The van der Waals surface area contributed by atoms with Crippen molar-refractivity contribution in [2.45, 2.75) is 19.8 Å². The molecule has 1 aliphatic rings. The highest BCUT2D eigenvalue weighted by atomic mass is 32.1. The molecule has 0 unspecified atom stereocenters. The number of rotatable bonds is 0. The van der Waals surface area contributed by atoms with Crippen molar-refractivity contribution >= 4 is 27.5 Å². The highest BCUT2D eigenvalue weighted by Gasteiger charge is 2.11. The van der Waals surface area contributed by atoms with Crippen LogP contribution in [0.5, 0.6) is 0 Å². The van der Waals surface area contributed by atoms with Gasteiger partial charge in [-0.1, -0.05) is 18.2 Å². The Labute approximate surface area is 87.9 Å². The summed E-state index contributed by atoms with van der Waals surface area (Å²) in [5, 5.41) is 1.29. The fourth-order valence-electron chi connectivity index (χ4n) is 1.94. The monoisotopic (exact) mass is 198 g/mol. The molecular formula is C13H10S. The van der Waals surface area contributed by atoms with Crippen molar-refractivity contribution < 1.29 is 0 Å². The van der Waals surface area contributed by atoms with Gasteiger partial charge in [-0.3, -0.25) is 0 Å². The molecule has 0 spiro atoms. The number of fused-ring (bicyclic) bond motifs is 3. The van der Waals surface area contributed by atoms with Gasteiger partial charge in [0, 0.05) is 20.5 Å². The van der Waals surface area contributed by atoms with Crippen molar-refractivity contribution in [2.24, 2.45) is 0 Å². The van der Waals surface area contributed by atoms with Gasteiger partial charge < -0.3 is 0 Å². The summed E-state index contributed by atoms with van der Waals surface area (Å²) in [6.45, 7) is 2.07. The van der Waals surface area contributed by atoms with E-state index < -0.39 is 0 Å². The predicted octanol–water partition coefficient (Wildman–Crippen LogP) is 3.77. The Morgan fingerprint density at radius 1 is 1.36 bits per heavy atom. The van der Waals surface area contributed by atoms with Crippen LogP contribution in [0.15, 0.2) is 12.1 Å². The first-order valence-corrected chi connectivity index (χ1v) is 5.69. The Bertz CT molecular complexity index is 517. The molecule has 3 rings (SSSR count). The van der Waals surface area contributed by atoms with Crippen molar-refractivity contribution in [1.82, 2.24) is 0 Å². The lowest BCUT2D eigenvalue weighted by Gasteiger charge is -2.02. The van der Waals surface area contributed by atoms with Crippen molar-refractivity contribution in [3.63, 3.8) is 0 Å². The SMILES string of the molecule is Cc1c#cc2c3c(sc2c1)C=CCC3. The zero-order chi connectivity index (χ0) is 9.54. The van der Waals surface area contributed by atoms with Gasteiger partial charge in [-0.05, 0) is 37.5 Å². The molecule has 0 saturated carbocycles. The quantitative estimate of drug-likeness (QED) is 0.604. The third-order valence-corrected chi connectivity index (χ3v) is 3.77. The van der Waals surface area contributed by atoms with Gasteiger partial charge >= 0.3 is 0 Å². The van der Waals surface area contributed by atoms with E-state index in [1.165, 1.54) is 38.9 Å². The zero-order valence-electron chi connectivity index (χ0n) is 8.05. The van der Waals surface area contributed by atoms with E-state index in [0.717, 1.165) is 0 Å². The van der Waals surface area contributed by atoms with Gasteiger partial charge in [0.15, 0.2) is 0 Å². The fraction of sp³-hybridized carbons (Fsp3) is 0.231. The summed E-state index contributed by atoms with van der Waals surface area (Å²) in [6.07, 6.45) is 6.83. The lowest BCUT2D eigenvalue weighted by atomic mass is 10.0. The maximum Gasteiger partial charge on any atom is 0.0467 e. The molecule has 0 atom stereocenters. The van der Waals surface area contributed by atoms with Gasteiger partial charge in [-0.15, -0.1) is 11.3 Å². The normalized spacial score (nSPS) is 14.1. The first-order chi connectivity index (χ1) is 6.84. The second-order valence-electron chi connectivity index (χ2n) is 3.70. The maximum atomic E-state index is 3.28. The molecule has 0 bridgehead atoms. The third kappa shape index (κ3) is 1.08. The molecule has 2 aromatic rings. The maximum absolute atomic E-state index is 3.28. The number of aryl methyl sites for hydroxylation is 2. The van der Waals surface area contributed by atoms with Gasteiger partial charge in [0.1, 0.15) is 0 Å².